The van der Waals surface area contributed by atoms with Gasteiger partial charge in [-0.1, -0.05) is 24.3 Å². The van der Waals surface area contributed by atoms with Gasteiger partial charge < -0.3 is 14.5 Å². The summed E-state index contributed by atoms with van der Waals surface area (Å²) in [4.78, 5) is 47.4. The number of carbonyl (C=O) groups is 3. The summed E-state index contributed by atoms with van der Waals surface area (Å²) in [5, 5.41) is 10.5. The van der Waals surface area contributed by atoms with Crippen LogP contribution in [0.1, 0.15) is 12.1 Å². The summed E-state index contributed by atoms with van der Waals surface area (Å²) < 4.78 is 4.94. The number of hydrogen-bond donors (Lipinski definition) is 0. The van der Waals surface area contributed by atoms with Crippen LogP contribution >= 0.6 is 0 Å². The van der Waals surface area contributed by atoms with Crippen molar-refractivity contribution in [1.82, 2.24) is 14.8 Å². The second kappa shape index (κ2) is 6.25. The van der Waals surface area contributed by atoms with Gasteiger partial charge in [0.25, 0.3) is 5.91 Å². The van der Waals surface area contributed by atoms with Crippen LogP contribution in [-0.2, 0) is 14.3 Å². The number of amides is 4. The molecule has 0 N–H and O–H groups in total. The van der Waals surface area contributed by atoms with Crippen LogP contribution in [0.4, 0.5) is 10.5 Å². The number of pyridine rings is 1. The Morgan fingerprint density at radius 3 is 2.79 bits per heavy atom. The van der Waals surface area contributed by atoms with Gasteiger partial charge in [0, 0.05) is 24.4 Å². The quantitative estimate of drug-likeness (QED) is 0.719. The highest BCUT2D eigenvalue weighted by Crippen LogP contribution is 2.43. The van der Waals surface area contributed by atoms with E-state index in [4.69, 9.17) is 4.74 Å². The van der Waals surface area contributed by atoms with Gasteiger partial charge in [-0.15, -0.1) is 0 Å². The molecule has 2 bridgehead atoms. The van der Waals surface area contributed by atoms with Crippen molar-refractivity contribution in [3.05, 3.63) is 36.2 Å². The minimum Gasteiger partial charge on any atom is -0.375 e. The molecule has 1 unspecified atom stereocenters. The topological polar surface area (TPSA) is 107 Å². The third kappa shape index (κ3) is 2.29. The zero-order valence-corrected chi connectivity index (χ0v) is 15.6. The number of nitrogens with zero attached hydrogens (tertiary/aromatic N) is 5. The fourth-order valence-corrected chi connectivity index (χ4v) is 4.82. The number of ether oxygens (including phenoxy) is 1. The van der Waals surface area contributed by atoms with E-state index in [2.05, 4.69) is 4.98 Å². The second-order valence-electron chi connectivity index (χ2n) is 7.39. The Labute approximate surface area is 166 Å². The van der Waals surface area contributed by atoms with Crippen LogP contribution in [0.15, 0.2) is 30.5 Å². The molecule has 146 valence electrons. The highest BCUT2D eigenvalue weighted by Gasteiger charge is 2.63. The number of methoxy groups -OCH3 is 1. The number of nitriles is 1. The normalized spacial score (nSPS) is 25.1. The van der Waals surface area contributed by atoms with Gasteiger partial charge in [0.15, 0.2) is 0 Å². The SMILES string of the molecule is COCC(=O)N1C[C@H]2CC1[C@H]1C(=O)N(c3cnc(C#N)c4ccccc34)C(=O)N21. The standard InChI is InChI=1S/C20H17N5O4/c1-29-10-17(26)23-9-11-6-15(23)18-19(27)25(20(28)24(11)18)16-8-22-14(7-21)12-4-2-3-5-13(12)16/h2-5,8,11,15,18H,6,9-10H2,1H3/t11-,15?,18+/m1/s1. The van der Waals surface area contributed by atoms with Crippen LogP contribution in [0.2, 0.25) is 0 Å². The zero-order chi connectivity index (χ0) is 20.3. The number of fused-ring (bicyclic) bond motifs is 6. The number of anilines is 1. The number of piperazine rings is 1. The first-order valence-electron chi connectivity index (χ1n) is 9.29. The summed E-state index contributed by atoms with van der Waals surface area (Å²) >= 11 is 0. The lowest BCUT2D eigenvalue weighted by atomic mass is 10.1. The Morgan fingerprint density at radius 1 is 1.31 bits per heavy atom. The molecular weight excluding hydrogens is 374 g/mol. The van der Waals surface area contributed by atoms with E-state index in [1.807, 2.05) is 6.07 Å². The summed E-state index contributed by atoms with van der Waals surface area (Å²) in [6, 6.07) is 7.47. The van der Waals surface area contributed by atoms with E-state index in [9.17, 15) is 19.6 Å². The number of likely N-dealkylation sites (tertiary alicyclic amines) is 1. The van der Waals surface area contributed by atoms with E-state index in [1.165, 1.54) is 13.3 Å². The highest BCUT2D eigenvalue weighted by molar-refractivity contribution is 6.25. The van der Waals surface area contributed by atoms with Crippen LogP contribution in [0.3, 0.4) is 0 Å². The number of urea groups is 1. The Hall–Kier alpha value is -3.51. The first-order chi connectivity index (χ1) is 14.1. The molecule has 9 heteroatoms. The van der Waals surface area contributed by atoms with Crippen LogP contribution in [0, 0.1) is 11.3 Å². The van der Waals surface area contributed by atoms with Crippen molar-refractivity contribution in [2.75, 3.05) is 25.2 Å². The van der Waals surface area contributed by atoms with Crippen molar-refractivity contribution < 1.29 is 19.1 Å². The molecule has 4 amide bonds. The zero-order valence-electron chi connectivity index (χ0n) is 15.6. The molecule has 1 aromatic heterocycles. The predicted octanol–water partition coefficient (Wildman–Crippen LogP) is 0.873. The second-order valence-corrected chi connectivity index (χ2v) is 7.39. The smallest absolute Gasteiger partial charge is 0.332 e. The minimum absolute atomic E-state index is 0.0496. The maximum absolute atomic E-state index is 13.3. The summed E-state index contributed by atoms with van der Waals surface area (Å²) in [6.45, 7) is 0.356. The number of carbonyl (C=O) groups excluding carboxylic acids is 3. The molecule has 3 aliphatic heterocycles. The third-order valence-electron chi connectivity index (χ3n) is 5.97. The third-order valence-corrected chi connectivity index (χ3v) is 5.97. The minimum atomic E-state index is -0.698. The first-order valence-corrected chi connectivity index (χ1v) is 9.29. The molecule has 0 radical (unpaired) electrons. The molecule has 3 atom stereocenters. The van der Waals surface area contributed by atoms with Crippen LogP contribution < -0.4 is 4.90 Å². The number of imide groups is 1. The Balaban J connectivity index is 1.55. The van der Waals surface area contributed by atoms with Crippen LogP contribution in [0.25, 0.3) is 10.8 Å². The molecule has 0 spiro atoms. The van der Waals surface area contributed by atoms with Gasteiger partial charge in [0.2, 0.25) is 5.91 Å². The largest absolute Gasteiger partial charge is 0.375 e. The molecule has 3 saturated heterocycles. The molecular formula is C20H17N5O4. The number of rotatable bonds is 3. The molecule has 1 aromatic carbocycles. The van der Waals surface area contributed by atoms with Crippen LogP contribution in [0.5, 0.6) is 0 Å². The van der Waals surface area contributed by atoms with Crippen molar-refractivity contribution in [2.24, 2.45) is 0 Å². The maximum Gasteiger partial charge on any atom is 0.332 e. The van der Waals surface area contributed by atoms with Crippen molar-refractivity contribution in [3.63, 3.8) is 0 Å². The van der Waals surface area contributed by atoms with Gasteiger partial charge in [0.1, 0.15) is 24.4 Å². The summed E-state index contributed by atoms with van der Waals surface area (Å²) in [5.74, 6) is -0.544. The molecule has 0 aliphatic carbocycles. The lowest BCUT2D eigenvalue weighted by molar-refractivity contribution is -0.139. The van der Waals surface area contributed by atoms with Gasteiger partial charge in [-0.2, -0.15) is 5.26 Å². The molecule has 3 fully saturated rings. The van der Waals surface area contributed by atoms with Crippen molar-refractivity contribution in [2.45, 2.75) is 24.5 Å². The van der Waals surface area contributed by atoms with Gasteiger partial charge in [0.05, 0.1) is 24.0 Å². The van der Waals surface area contributed by atoms with Crippen molar-refractivity contribution >= 4 is 34.3 Å². The van der Waals surface area contributed by atoms with Gasteiger partial charge in [-0.05, 0) is 6.42 Å². The van der Waals surface area contributed by atoms with E-state index in [-0.39, 0.29) is 36.2 Å². The number of benzene rings is 1. The lowest BCUT2D eigenvalue weighted by Gasteiger charge is -2.34. The van der Waals surface area contributed by atoms with Crippen molar-refractivity contribution in [3.8, 4) is 6.07 Å². The molecule has 5 rings (SSSR count). The molecule has 3 aliphatic rings. The predicted molar refractivity (Wildman–Crippen MR) is 101 cm³/mol. The lowest BCUT2D eigenvalue weighted by Crippen LogP contribution is -2.55. The molecule has 2 aromatic rings. The summed E-state index contributed by atoms with van der Waals surface area (Å²) in [7, 11) is 1.45. The van der Waals surface area contributed by atoms with Gasteiger partial charge >= 0.3 is 6.03 Å². The number of aromatic nitrogens is 1. The monoisotopic (exact) mass is 391 g/mol. The average molecular weight is 391 g/mol. The van der Waals surface area contributed by atoms with E-state index in [0.29, 0.717) is 29.4 Å². The Bertz CT molecular complexity index is 1110. The Morgan fingerprint density at radius 2 is 2.07 bits per heavy atom. The van der Waals surface area contributed by atoms with Crippen molar-refractivity contribution in [1.29, 1.82) is 5.26 Å². The van der Waals surface area contributed by atoms with Gasteiger partial charge in [-0.25, -0.2) is 14.7 Å². The Kier molecular flexibility index (Phi) is 3.79. The average Bonchev–Trinajstić information content (AvgIpc) is 3.39. The maximum atomic E-state index is 13.3. The molecule has 4 heterocycles. The molecule has 0 saturated carbocycles. The number of hydrogen-bond acceptors (Lipinski definition) is 6. The summed E-state index contributed by atoms with van der Waals surface area (Å²) in [5.41, 5.74) is 0.596. The first kappa shape index (κ1) is 17.6. The highest BCUT2D eigenvalue weighted by atomic mass is 16.5. The summed E-state index contributed by atoms with van der Waals surface area (Å²) in [6.07, 6.45) is 1.99. The van der Waals surface area contributed by atoms with E-state index in [0.717, 1.165) is 4.90 Å². The molecule has 29 heavy (non-hydrogen) atoms. The fraction of sp³-hybridized carbons (Fsp3) is 0.350. The molecule has 9 nitrogen and oxygen atoms in total. The van der Waals surface area contributed by atoms with E-state index >= 15 is 0 Å². The van der Waals surface area contributed by atoms with Crippen LogP contribution in [-0.4, -0.2) is 71.0 Å². The van der Waals surface area contributed by atoms with Gasteiger partial charge in [-0.3, -0.25) is 9.59 Å². The van der Waals surface area contributed by atoms with E-state index < -0.39 is 12.1 Å². The van der Waals surface area contributed by atoms with E-state index in [1.54, 1.807) is 34.1 Å². The fourth-order valence-electron chi connectivity index (χ4n) is 4.82.